The predicted octanol–water partition coefficient (Wildman–Crippen LogP) is 4.19. The van der Waals surface area contributed by atoms with Gasteiger partial charge in [0, 0.05) is 24.7 Å². The average molecular weight is 466 g/mol. The Bertz CT molecular complexity index is 1050. The van der Waals surface area contributed by atoms with Crippen molar-refractivity contribution in [2.75, 3.05) is 11.9 Å². The van der Waals surface area contributed by atoms with E-state index in [4.69, 9.17) is 0 Å². The number of carbonyl (C=O) groups is 3. The molecule has 3 rings (SSSR count). The minimum atomic E-state index is -4.43. The molecule has 2 heterocycles. The number of hydrogen-bond donors (Lipinski definition) is 1. The van der Waals surface area contributed by atoms with Crippen molar-refractivity contribution in [3.63, 3.8) is 0 Å². The Hall–Kier alpha value is -3.08. The number of alkyl halides is 3. The van der Waals surface area contributed by atoms with Crippen LogP contribution in [0.25, 0.3) is 0 Å². The van der Waals surface area contributed by atoms with E-state index >= 15 is 0 Å². The van der Waals surface area contributed by atoms with Crippen LogP contribution in [0.2, 0.25) is 0 Å². The standard InChI is InChI=1S/C21H21F3N4O3S/c1-4-20(2)18(30)28(14-5-7-15(8-6-14)32-21(22,23)24)19(31)27(20)12-13-9-10-26-16(11-13)17(29)25-3/h5-11H,4,12H2,1-3H3,(H,25,29). The van der Waals surface area contributed by atoms with E-state index in [0.717, 1.165) is 4.90 Å². The van der Waals surface area contributed by atoms with E-state index in [-0.39, 0.29) is 40.5 Å². The van der Waals surface area contributed by atoms with Gasteiger partial charge in [0.25, 0.3) is 11.8 Å². The van der Waals surface area contributed by atoms with E-state index in [1.165, 1.54) is 42.4 Å². The van der Waals surface area contributed by atoms with Crippen molar-refractivity contribution in [1.29, 1.82) is 0 Å². The van der Waals surface area contributed by atoms with E-state index in [9.17, 15) is 27.6 Å². The van der Waals surface area contributed by atoms with Crippen molar-refractivity contribution in [2.24, 2.45) is 0 Å². The Kier molecular flexibility index (Phi) is 6.49. The Balaban J connectivity index is 1.90. The first kappa shape index (κ1) is 23.6. The molecule has 1 aromatic carbocycles. The molecular weight excluding hydrogens is 445 g/mol. The number of hydrogen-bond acceptors (Lipinski definition) is 5. The van der Waals surface area contributed by atoms with Gasteiger partial charge in [0.15, 0.2) is 0 Å². The summed E-state index contributed by atoms with van der Waals surface area (Å²) >= 11 is -0.272. The number of rotatable bonds is 6. The first-order valence-electron chi connectivity index (χ1n) is 9.69. The number of amides is 4. The van der Waals surface area contributed by atoms with Crippen molar-refractivity contribution in [2.45, 2.75) is 42.8 Å². The number of aromatic nitrogens is 1. The van der Waals surface area contributed by atoms with Gasteiger partial charge in [0.1, 0.15) is 11.2 Å². The van der Waals surface area contributed by atoms with E-state index in [1.807, 2.05) is 0 Å². The summed E-state index contributed by atoms with van der Waals surface area (Å²) in [5.41, 5.74) is -4.62. The molecule has 1 saturated heterocycles. The molecule has 0 aliphatic carbocycles. The molecule has 0 bridgehead atoms. The van der Waals surface area contributed by atoms with Gasteiger partial charge in [-0.05, 0) is 67.1 Å². The number of anilines is 1. The van der Waals surface area contributed by atoms with Crippen molar-refractivity contribution >= 4 is 35.3 Å². The number of benzene rings is 1. The molecule has 11 heteroatoms. The molecule has 0 spiro atoms. The maximum atomic E-state index is 13.2. The third-order valence-electron chi connectivity index (χ3n) is 5.32. The van der Waals surface area contributed by atoms with Crippen LogP contribution in [0, 0.1) is 0 Å². The molecule has 1 fully saturated rings. The lowest BCUT2D eigenvalue weighted by molar-refractivity contribution is -0.124. The zero-order valence-electron chi connectivity index (χ0n) is 17.6. The summed E-state index contributed by atoms with van der Waals surface area (Å²) in [6, 6.07) is 7.68. The van der Waals surface area contributed by atoms with Crippen LogP contribution >= 0.6 is 11.8 Å². The normalized spacial score (nSPS) is 18.9. The number of halogens is 3. The lowest BCUT2D eigenvalue weighted by Gasteiger charge is -2.30. The van der Waals surface area contributed by atoms with Crippen LogP contribution in [0.15, 0.2) is 47.5 Å². The minimum absolute atomic E-state index is 0.0472. The van der Waals surface area contributed by atoms with Gasteiger partial charge in [-0.3, -0.25) is 14.6 Å². The van der Waals surface area contributed by atoms with E-state index in [2.05, 4.69) is 10.3 Å². The minimum Gasteiger partial charge on any atom is -0.354 e. The number of urea groups is 1. The van der Waals surface area contributed by atoms with Crippen molar-refractivity contribution < 1.29 is 27.6 Å². The first-order valence-corrected chi connectivity index (χ1v) is 10.5. The third-order valence-corrected chi connectivity index (χ3v) is 6.06. The monoisotopic (exact) mass is 466 g/mol. The second-order valence-corrected chi connectivity index (χ2v) is 8.45. The fraction of sp³-hybridized carbons (Fsp3) is 0.333. The number of pyridine rings is 1. The highest BCUT2D eigenvalue weighted by Crippen LogP contribution is 2.39. The summed E-state index contributed by atoms with van der Waals surface area (Å²) in [6.07, 6.45) is 1.77. The van der Waals surface area contributed by atoms with Crippen LogP contribution in [-0.4, -0.2) is 45.8 Å². The second-order valence-electron chi connectivity index (χ2n) is 7.31. The zero-order chi connectivity index (χ0) is 23.7. The van der Waals surface area contributed by atoms with Gasteiger partial charge < -0.3 is 10.2 Å². The average Bonchev–Trinajstić information content (AvgIpc) is 2.94. The fourth-order valence-electron chi connectivity index (χ4n) is 3.39. The molecular formula is C21H21F3N4O3S. The van der Waals surface area contributed by atoms with Crippen LogP contribution in [-0.2, 0) is 11.3 Å². The van der Waals surface area contributed by atoms with Gasteiger partial charge in [0.2, 0.25) is 0 Å². The molecule has 7 nitrogen and oxygen atoms in total. The second kappa shape index (κ2) is 8.81. The molecule has 1 aliphatic heterocycles. The number of carbonyl (C=O) groups excluding carboxylic acids is 3. The molecule has 32 heavy (non-hydrogen) atoms. The largest absolute Gasteiger partial charge is 0.446 e. The van der Waals surface area contributed by atoms with Gasteiger partial charge in [-0.25, -0.2) is 9.69 Å². The molecule has 1 aromatic heterocycles. The molecule has 1 N–H and O–H groups in total. The molecule has 0 radical (unpaired) electrons. The Labute approximate surface area is 187 Å². The van der Waals surface area contributed by atoms with Crippen LogP contribution in [0.4, 0.5) is 23.7 Å². The highest BCUT2D eigenvalue weighted by molar-refractivity contribution is 8.00. The lowest BCUT2D eigenvalue weighted by atomic mass is 9.96. The highest BCUT2D eigenvalue weighted by Gasteiger charge is 2.53. The number of imide groups is 1. The number of nitrogens with one attached hydrogen (secondary N) is 1. The van der Waals surface area contributed by atoms with Gasteiger partial charge >= 0.3 is 11.5 Å². The molecule has 1 unspecified atom stereocenters. The molecule has 1 atom stereocenters. The van der Waals surface area contributed by atoms with Crippen molar-refractivity contribution in [1.82, 2.24) is 15.2 Å². The van der Waals surface area contributed by atoms with Crippen LogP contribution < -0.4 is 10.2 Å². The van der Waals surface area contributed by atoms with Crippen molar-refractivity contribution in [3.8, 4) is 0 Å². The van der Waals surface area contributed by atoms with Crippen LogP contribution in [0.3, 0.4) is 0 Å². The number of thioether (sulfide) groups is 1. The molecule has 4 amide bonds. The highest BCUT2D eigenvalue weighted by atomic mass is 32.2. The topological polar surface area (TPSA) is 82.6 Å². The van der Waals surface area contributed by atoms with E-state index in [0.29, 0.717) is 12.0 Å². The van der Waals surface area contributed by atoms with Gasteiger partial charge in [0.05, 0.1) is 5.69 Å². The summed E-state index contributed by atoms with van der Waals surface area (Å²) in [4.78, 5) is 44.6. The summed E-state index contributed by atoms with van der Waals surface area (Å²) < 4.78 is 37.7. The van der Waals surface area contributed by atoms with Gasteiger partial charge in [-0.15, -0.1) is 0 Å². The maximum absolute atomic E-state index is 13.2. The van der Waals surface area contributed by atoms with E-state index < -0.39 is 23.0 Å². The maximum Gasteiger partial charge on any atom is 0.446 e. The summed E-state index contributed by atoms with van der Waals surface area (Å²) in [6.45, 7) is 3.47. The predicted molar refractivity (Wildman–Crippen MR) is 113 cm³/mol. The Morgan fingerprint density at radius 2 is 1.84 bits per heavy atom. The SMILES string of the molecule is CCC1(C)C(=O)N(c2ccc(SC(F)(F)F)cc2)C(=O)N1Cc1ccnc(C(=O)NC)c1. The molecule has 170 valence electrons. The lowest BCUT2D eigenvalue weighted by Crippen LogP contribution is -2.46. The van der Waals surface area contributed by atoms with Crippen molar-refractivity contribution in [3.05, 3.63) is 53.9 Å². The molecule has 1 aliphatic rings. The van der Waals surface area contributed by atoms with Crippen LogP contribution in [0.1, 0.15) is 36.3 Å². The quantitative estimate of drug-likeness (QED) is 0.510. The summed E-state index contributed by atoms with van der Waals surface area (Å²) in [5.74, 6) is -0.853. The van der Waals surface area contributed by atoms with Gasteiger partial charge in [-0.1, -0.05) is 6.92 Å². The fourth-order valence-corrected chi connectivity index (χ4v) is 3.93. The zero-order valence-corrected chi connectivity index (χ0v) is 18.4. The van der Waals surface area contributed by atoms with E-state index in [1.54, 1.807) is 26.0 Å². The summed E-state index contributed by atoms with van der Waals surface area (Å²) in [5, 5.41) is 2.48. The first-order chi connectivity index (χ1) is 15.0. The smallest absolute Gasteiger partial charge is 0.354 e. The molecule has 0 saturated carbocycles. The Morgan fingerprint density at radius 1 is 1.19 bits per heavy atom. The number of nitrogens with zero attached hydrogens (tertiary/aromatic N) is 3. The summed E-state index contributed by atoms with van der Waals surface area (Å²) in [7, 11) is 1.48. The van der Waals surface area contributed by atoms with Gasteiger partial charge in [-0.2, -0.15) is 13.2 Å². The Morgan fingerprint density at radius 3 is 2.41 bits per heavy atom. The third kappa shape index (κ3) is 4.57. The van der Waals surface area contributed by atoms with Crippen LogP contribution in [0.5, 0.6) is 0 Å². The molecule has 2 aromatic rings.